The smallest absolute Gasteiger partial charge is 0.409 e. The molecule has 1 aliphatic rings. The van der Waals surface area contributed by atoms with Crippen molar-refractivity contribution in [3.05, 3.63) is 60.0 Å². The van der Waals surface area contributed by atoms with Crippen LogP contribution in [-0.4, -0.2) is 29.4 Å². The standard InChI is InChI=1S/C22H20FN3O3S/c23-14-9-7-13(8-10-14)20-19(17(27)12-15-4-3-11-25-15)26-21(30-20)16-5-1-2-6-18(16)29-22(24)28/h1-2,5-10,15,25H,3-4,11-12H2,(H2,24,28). The number of nitrogens with two attached hydrogens (primary N) is 1. The van der Waals surface area contributed by atoms with E-state index in [9.17, 15) is 14.0 Å². The molecule has 1 aliphatic heterocycles. The van der Waals surface area contributed by atoms with Crippen LogP contribution >= 0.6 is 11.3 Å². The highest BCUT2D eigenvalue weighted by atomic mass is 32.1. The van der Waals surface area contributed by atoms with Gasteiger partial charge in [0.05, 0.1) is 10.4 Å². The number of aromatic nitrogens is 1. The van der Waals surface area contributed by atoms with Crippen molar-refractivity contribution >= 4 is 23.2 Å². The number of nitrogens with one attached hydrogen (secondary N) is 1. The minimum absolute atomic E-state index is 0.0791. The summed E-state index contributed by atoms with van der Waals surface area (Å²) in [7, 11) is 0. The number of thiazole rings is 1. The van der Waals surface area contributed by atoms with Gasteiger partial charge in [0.1, 0.15) is 22.3 Å². The number of benzene rings is 2. The fourth-order valence-corrected chi connectivity index (χ4v) is 4.63. The van der Waals surface area contributed by atoms with E-state index < -0.39 is 6.09 Å². The van der Waals surface area contributed by atoms with Gasteiger partial charge in [-0.25, -0.2) is 14.2 Å². The minimum atomic E-state index is -0.929. The summed E-state index contributed by atoms with van der Waals surface area (Å²) in [5, 5.41) is 3.85. The molecule has 8 heteroatoms. The molecule has 0 bridgehead atoms. The molecule has 0 saturated carbocycles. The number of hydrogen-bond acceptors (Lipinski definition) is 6. The van der Waals surface area contributed by atoms with Gasteiger partial charge in [0.2, 0.25) is 0 Å². The predicted molar refractivity (Wildman–Crippen MR) is 113 cm³/mol. The predicted octanol–water partition coefficient (Wildman–Crippen LogP) is 4.40. The minimum Gasteiger partial charge on any atom is -0.410 e. The van der Waals surface area contributed by atoms with Gasteiger partial charge in [-0.15, -0.1) is 11.3 Å². The van der Waals surface area contributed by atoms with Crippen LogP contribution in [0.1, 0.15) is 29.8 Å². The first-order valence-electron chi connectivity index (χ1n) is 9.61. The molecule has 4 rings (SSSR count). The lowest BCUT2D eigenvalue weighted by molar-refractivity contribution is 0.0968. The molecule has 1 aromatic heterocycles. The van der Waals surface area contributed by atoms with Crippen molar-refractivity contribution in [1.29, 1.82) is 0 Å². The maximum absolute atomic E-state index is 13.4. The number of carbonyl (C=O) groups excluding carboxylic acids is 2. The van der Waals surface area contributed by atoms with Crippen LogP contribution < -0.4 is 15.8 Å². The van der Waals surface area contributed by atoms with E-state index in [1.54, 1.807) is 36.4 Å². The van der Waals surface area contributed by atoms with E-state index in [2.05, 4.69) is 10.3 Å². The number of rotatable bonds is 6. The normalized spacial score (nSPS) is 15.8. The van der Waals surface area contributed by atoms with Gasteiger partial charge in [-0.1, -0.05) is 24.3 Å². The van der Waals surface area contributed by atoms with E-state index in [0.29, 0.717) is 33.1 Å². The van der Waals surface area contributed by atoms with Gasteiger partial charge in [-0.3, -0.25) is 4.79 Å². The lowest BCUT2D eigenvalue weighted by Crippen LogP contribution is -2.24. The maximum Gasteiger partial charge on any atom is 0.409 e. The van der Waals surface area contributed by atoms with Gasteiger partial charge in [-0.2, -0.15) is 0 Å². The van der Waals surface area contributed by atoms with Crippen molar-refractivity contribution in [3.63, 3.8) is 0 Å². The Labute approximate surface area is 176 Å². The quantitative estimate of drug-likeness (QED) is 0.571. The number of nitrogens with zero attached hydrogens (tertiary/aromatic N) is 1. The molecule has 2 heterocycles. The molecule has 1 saturated heterocycles. The van der Waals surface area contributed by atoms with Crippen LogP contribution in [0.15, 0.2) is 48.5 Å². The van der Waals surface area contributed by atoms with Crippen molar-refractivity contribution in [2.75, 3.05) is 6.54 Å². The number of ketones is 1. The van der Waals surface area contributed by atoms with E-state index in [-0.39, 0.29) is 23.4 Å². The number of amides is 1. The Morgan fingerprint density at radius 2 is 1.97 bits per heavy atom. The molecular formula is C22H20FN3O3S. The van der Waals surface area contributed by atoms with Gasteiger partial charge in [-0.05, 0) is 49.2 Å². The summed E-state index contributed by atoms with van der Waals surface area (Å²) < 4.78 is 18.5. The maximum atomic E-state index is 13.4. The second kappa shape index (κ2) is 8.73. The van der Waals surface area contributed by atoms with Crippen molar-refractivity contribution < 1.29 is 18.7 Å². The Balaban J connectivity index is 1.77. The summed E-state index contributed by atoms with van der Waals surface area (Å²) in [6, 6.07) is 13.0. The summed E-state index contributed by atoms with van der Waals surface area (Å²) in [6.45, 7) is 0.906. The lowest BCUT2D eigenvalue weighted by Gasteiger charge is -2.08. The van der Waals surface area contributed by atoms with Crippen LogP contribution in [0.3, 0.4) is 0 Å². The Morgan fingerprint density at radius 1 is 1.20 bits per heavy atom. The van der Waals surface area contributed by atoms with Gasteiger partial charge in [0, 0.05) is 12.5 Å². The summed E-state index contributed by atoms with van der Waals surface area (Å²) in [5.41, 5.74) is 6.78. The number of carbonyl (C=O) groups is 2. The number of primary amides is 1. The molecule has 3 N–H and O–H groups in total. The Hall–Kier alpha value is -3.10. The summed E-state index contributed by atoms with van der Waals surface area (Å²) >= 11 is 1.29. The highest BCUT2D eigenvalue weighted by molar-refractivity contribution is 7.18. The first-order valence-corrected chi connectivity index (χ1v) is 10.4. The molecule has 1 unspecified atom stereocenters. The zero-order chi connectivity index (χ0) is 21.1. The van der Waals surface area contributed by atoms with Crippen LogP contribution in [0.4, 0.5) is 9.18 Å². The Morgan fingerprint density at radius 3 is 2.67 bits per heavy atom. The highest BCUT2D eigenvalue weighted by Crippen LogP contribution is 2.39. The van der Waals surface area contributed by atoms with E-state index >= 15 is 0 Å². The molecule has 6 nitrogen and oxygen atoms in total. The Kier molecular flexibility index (Phi) is 5.87. The molecular weight excluding hydrogens is 405 g/mol. The first-order chi connectivity index (χ1) is 14.5. The van der Waals surface area contributed by atoms with Crippen LogP contribution in [0, 0.1) is 5.82 Å². The van der Waals surface area contributed by atoms with Crippen LogP contribution in [0.2, 0.25) is 0 Å². The molecule has 0 radical (unpaired) electrons. The van der Waals surface area contributed by atoms with Crippen molar-refractivity contribution in [1.82, 2.24) is 10.3 Å². The van der Waals surface area contributed by atoms with Crippen LogP contribution in [-0.2, 0) is 0 Å². The molecule has 3 aromatic rings. The van der Waals surface area contributed by atoms with Gasteiger partial charge in [0.25, 0.3) is 0 Å². The third kappa shape index (κ3) is 4.39. The average Bonchev–Trinajstić information content (AvgIpc) is 3.38. The molecule has 0 aliphatic carbocycles. The monoisotopic (exact) mass is 425 g/mol. The molecule has 1 amide bonds. The second-order valence-corrected chi connectivity index (χ2v) is 8.04. The number of Topliss-reactive ketones (excluding diaryl/α,β-unsaturated/α-hetero) is 1. The zero-order valence-electron chi connectivity index (χ0n) is 16.1. The molecule has 30 heavy (non-hydrogen) atoms. The number of hydrogen-bond donors (Lipinski definition) is 2. The second-order valence-electron chi connectivity index (χ2n) is 7.04. The molecule has 2 aromatic carbocycles. The number of halogens is 1. The van der Waals surface area contributed by atoms with Crippen molar-refractivity contribution in [2.45, 2.75) is 25.3 Å². The fraction of sp³-hybridized carbons (Fsp3) is 0.227. The molecule has 1 atom stereocenters. The third-order valence-corrected chi connectivity index (χ3v) is 6.06. The topological polar surface area (TPSA) is 94.3 Å². The van der Waals surface area contributed by atoms with Crippen molar-refractivity contribution in [3.8, 4) is 26.8 Å². The first kappa shape index (κ1) is 20.2. The molecule has 1 fully saturated rings. The molecule has 0 spiro atoms. The fourth-order valence-electron chi connectivity index (χ4n) is 3.51. The van der Waals surface area contributed by atoms with E-state index in [1.807, 2.05) is 0 Å². The van der Waals surface area contributed by atoms with Gasteiger partial charge in [0.15, 0.2) is 5.78 Å². The third-order valence-electron chi connectivity index (χ3n) is 4.92. The lowest BCUT2D eigenvalue weighted by atomic mass is 10.0. The zero-order valence-corrected chi connectivity index (χ0v) is 16.9. The largest absolute Gasteiger partial charge is 0.410 e. The van der Waals surface area contributed by atoms with Gasteiger partial charge < -0.3 is 15.8 Å². The number of ether oxygens (including phenoxy) is 1. The van der Waals surface area contributed by atoms with Crippen LogP contribution in [0.5, 0.6) is 5.75 Å². The van der Waals surface area contributed by atoms with Gasteiger partial charge >= 0.3 is 6.09 Å². The van der Waals surface area contributed by atoms with E-state index in [1.165, 1.54) is 23.5 Å². The number of para-hydroxylation sites is 1. The summed E-state index contributed by atoms with van der Waals surface area (Å²) in [4.78, 5) is 29.6. The average molecular weight is 425 g/mol. The van der Waals surface area contributed by atoms with Crippen molar-refractivity contribution in [2.24, 2.45) is 5.73 Å². The SMILES string of the molecule is NC(=O)Oc1ccccc1-c1nc(C(=O)CC2CCCN2)c(-c2ccc(F)cc2)s1. The molecule has 154 valence electrons. The van der Waals surface area contributed by atoms with E-state index in [4.69, 9.17) is 10.5 Å². The highest BCUT2D eigenvalue weighted by Gasteiger charge is 2.25. The van der Waals surface area contributed by atoms with E-state index in [0.717, 1.165) is 19.4 Å². The summed E-state index contributed by atoms with van der Waals surface area (Å²) in [6.07, 6.45) is 1.41. The van der Waals surface area contributed by atoms with Crippen LogP contribution in [0.25, 0.3) is 21.0 Å². The summed E-state index contributed by atoms with van der Waals surface area (Å²) in [5.74, 6) is -0.169. The Bertz CT molecular complexity index is 1080.